The fourth-order valence-corrected chi connectivity index (χ4v) is 1.46. The molecule has 0 radical (unpaired) electrons. The van der Waals surface area contributed by atoms with E-state index in [0.717, 1.165) is 11.3 Å². The third-order valence-electron chi connectivity index (χ3n) is 2.47. The summed E-state index contributed by atoms with van der Waals surface area (Å²) >= 11 is 0. The summed E-state index contributed by atoms with van der Waals surface area (Å²) in [4.78, 5) is 22.8. The minimum atomic E-state index is -0.790. The molecule has 2 amide bonds. The SMILES string of the molecule is CC(C)COc1ccc(/C=N\NC(=O)C(=O)NC(C)C)cc1. The lowest BCUT2D eigenvalue weighted by molar-refractivity contribution is -0.139. The maximum atomic E-state index is 11.4. The Labute approximate surface area is 130 Å². The normalized spacial score (nSPS) is 11.0. The molecule has 6 nitrogen and oxygen atoms in total. The smallest absolute Gasteiger partial charge is 0.329 e. The van der Waals surface area contributed by atoms with E-state index in [4.69, 9.17) is 4.74 Å². The second-order valence-corrected chi connectivity index (χ2v) is 5.60. The number of carbonyl (C=O) groups excluding carboxylic acids is 2. The number of nitrogens with zero attached hydrogens (tertiary/aromatic N) is 1. The average Bonchev–Trinajstić information content (AvgIpc) is 2.45. The first-order valence-electron chi connectivity index (χ1n) is 7.25. The van der Waals surface area contributed by atoms with Crippen molar-refractivity contribution >= 4 is 18.0 Å². The minimum Gasteiger partial charge on any atom is -0.493 e. The van der Waals surface area contributed by atoms with Gasteiger partial charge in [0.05, 0.1) is 12.8 Å². The van der Waals surface area contributed by atoms with Gasteiger partial charge in [-0.25, -0.2) is 5.43 Å². The average molecular weight is 305 g/mol. The molecule has 0 aliphatic rings. The number of rotatable bonds is 6. The molecule has 2 N–H and O–H groups in total. The van der Waals surface area contributed by atoms with E-state index in [0.29, 0.717) is 12.5 Å². The highest BCUT2D eigenvalue weighted by Gasteiger charge is 2.12. The minimum absolute atomic E-state index is 0.0967. The molecule has 0 aromatic heterocycles. The van der Waals surface area contributed by atoms with Crippen LogP contribution in [0.25, 0.3) is 0 Å². The molecule has 0 saturated heterocycles. The number of ether oxygens (including phenoxy) is 1. The monoisotopic (exact) mass is 305 g/mol. The van der Waals surface area contributed by atoms with Gasteiger partial charge < -0.3 is 10.1 Å². The lowest BCUT2D eigenvalue weighted by Crippen LogP contribution is -2.41. The fraction of sp³-hybridized carbons (Fsp3) is 0.438. The number of nitrogens with one attached hydrogen (secondary N) is 2. The Morgan fingerprint density at radius 3 is 2.32 bits per heavy atom. The number of amides is 2. The van der Waals surface area contributed by atoms with Crippen LogP contribution in [0.1, 0.15) is 33.3 Å². The molecule has 0 spiro atoms. The molecule has 0 heterocycles. The van der Waals surface area contributed by atoms with Gasteiger partial charge in [0.1, 0.15) is 5.75 Å². The third kappa shape index (κ3) is 6.88. The predicted octanol–water partition coefficient (Wildman–Crippen LogP) is 1.70. The third-order valence-corrected chi connectivity index (χ3v) is 2.47. The van der Waals surface area contributed by atoms with E-state index in [-0.39, 0.29) is 6.04 Å². The van der Waals surface area contributed by atoms with Crippen molar-refractivity contribution in [3.63, 3.8) is 0 Å². The topological polar surface area (TPSA) is 79.8 Å². The van der Waals surface area contributed by atoms with E-state index in [2.05, 4.69) is 29.7 Å². The molecule has 120 valence electrons. The molecule has 1 aromatic carbocycles. The summed E-state index contributed by atoms with van der Waals surface area (Å²) in [7, 11) is 0. The van der Waals surface area contributed by atoms with Gasteiger partial charge in [-0.15, -0.1) is 0 Å². The molecule has 0 atom stereocenters. The fourth-order valence-electron chi connectivity index (χ4n) is 1.46. The Hall–Kier alpha value is -2.37. The molecule has 0 aliphatic carbocycles. The van der Waals surface area contributed by atoms with Gasteiger partial charge in [-0.05, 0) is 49.6 Å². The number of benzene rings is 1. The highest BCUT2D eigenvalue weighted by atomic mass is 16.5. The maximum Gasteiger partial charge on any atom is 0.329 e. The lowest BCUT2D eigenvalue weighted by atomic mass is 10.2. The summed E-state index contributed by atoms with van der Waals surface area (Å²) in [6.45, 7) is 8.38. The molecule has 6 heteroatoms. The van der Waals surface area contributed by atoms with Gasteiger partial charge >= 0.3 is 11.8 Å². The van der Waals surface area contributed by atoms with E-state index in [1.165, 1.54) is 6.21 Å². The lowest BCUT2D eigenvalue weighted by Gasteiger charge is -2.08. The Kier molecular flexibility index (Phi) is 7.08. The standard InChI is InChI=1S/C16H23N3O3/c1-11(2)10-22-14-7-5-13(6-8-14)9-17-19-16(21)15(20)18-12(3)4/h5-9,11-12H,10H2,1-4H3,(H,18,20)(H,19,21)/b17-9-. The van der Waals surface area contributed by atoms with Gasteiger partial charge in [0.15, 0.2) is 0 Å². The van der Waals surface area contributed by atoms with E-state index in [1.807, 2.05) is 24.3 Å². The Balaban J connectivity index is 2.46. The van der Waals surface area contributed by atoms with Crippen LogP contribution in [0.3, 0.4) is 0 Å². The predicted molar refractivity (Wildman–Crippen MR) is 85.8 cm³/mol. The molecular weight excluding hydrogens is 282 g/mol. The Morgan fingerprint density at radius 1 is 1.14 bits per heavy atom. The zero-order valence-electron chi connectivity index (χ0n) is 13.4. The van der Waals surface area contributed by atoms with Crippen LogP contribution in [0.5, 0.6) is 5.75 Å². The molecule has 1 aromatic rings. The number of hydrogen-bond acceptors (Lipinski definition) is 4. The molecule has 0 bridgehead atoms. The highest BCUT2D eigenvalue weighted by Crippen LogP contribution is 2.12. The Morgan fingerprint density at radius 2 is 1.77 bits per heavy atom. The highest BCUT2D eigenvalue weighted by molar-refractivity contribution is 6.35. The second kappa shape index (κ2) is 8.81. The van der Waals surface area contributed by atoms with Gasteiger partial charge in [0.25, 0.3) is 0 Å². The van der Waals surface area contributed by atoms with Gasteiger partial charge in [0, 0.05) is 6.04 Å². The zero-order chi connectivity index (χ0) is 16.5. The summed E-state index contributed by atoms with van der Waals surface area (Å²) in [5.74, 6) is -0.244. The van der Waals surface area contributed by atoms with Crippen LogP contribution in [0.4, 0.5) is 0 Å². The number of hydrazone groups is 1. The Bertz CT molecular complexity index is 522. The summed E-state index contributed by atoms with van der Waals surface area (Å²) in [6.07, 6.45) is 1.47. The van der Waals surface area contributed by atoms with Gasteiger partial charge in [0.2, 0.25) is 0 Å². The van der Waals surface area contributed by atoms with E-state index < -0.39 is 11.8 Å². The van der Waals surface area contributed by atoms with Crippen LogP contribution < -0.4 is 15.5 Å². The van der Waals surface area contributed by atoms with Crippen molar-refractivity contribution in [2.75, 3.05) is 6.61 Å². The first kappa shape index (κ1) is 17.7. The summed E-state index contributed by atoms with van der Waals surface area (Å²) < 4.78 is 5.57. The molecule has 0 saturated carbocycles. The molecule has 22 heavy (non-hydrogen) atoms. The first-order valence-corrected chi connectivity index (χ1v) is 7.25. The van der Waals surface area contributed by atoms with Crippen LogP contribution in [0, 0.1) is 5.92 Å². The summed E-state index contributed by atoms with van der Waals surface area (Å²) in [5, 5.41) is 6.23. The van der Waals surface area contributed by atoms with E-state index in [1.54, 1.807) is 13.8 Å². The molecule has 1 rings (SSSR count). The largest absolute Gasteiger partial charge is 0.493 e. The van der Waals surface area contributed by atoms with Crippen molar-refractivity contribution in [1.29, 1.82) is 0 Å². The summed E-state index contributed by atoms with van der Waals surface area (Å²) in [5.41, 5.74) is 2.97. The van der Waals surface area contributed by atoms with Crippen LogP contribution in [-0.4, -0.2) is 30.7 Å². The van der Waals surface area contributed by atoms with Gasteiger partial charge in [-0.1, -0.05) is 13.8 Å². The van der Waals surface area contributed by atoms with E-state index >= 15 is 0 Å². The van der Waals surface area contributed by atoms with E-state index in [9.17, 15) is 9.59 Å². The van der Waals surface area contributed by atoms with Crippen molar-refractivity contribution in [1.82, 2.24) is 10.7 Å². The molecule has 0 fully saturated rings. The van der Waals surface area contributed by atoms with Crippen molar-refractivity contribution in [3.05, 3.63) is 29.8 Å². The number of hydrogen-bond donors (Lipinski definition) is 2. The zero-order valence-corrected chi connectivity index (χ0v) is 13.4. The van der Waals surface area contributed by atoms with Gasteiger partial charge in [-0.2, -0.15) is 5.10 Å². The van der Waals surface area contributed by atoms with Gasteiger partial charge in [-0.3, -0.25) is 9.59 Å². The van der Waals surface area contributed by atoms with Crippen LogP contribution >= 0.6 is 0 Å². The van der Waals surface area contributed by atoms with Crippen molar-refractivity contribution in [2.24, 2.45) is 11.0 Å². The second-order valence-electron chi connectivity index (χ2n) is 5.60. The maximum absolute atomic E-state index is 11.4. The quantitative estimate of drug-likeness (QED) is 0.477. The van der Waals surface area contributed by atoms with Crippen molar-refractivity contribution in [3.8, 4) is 5.75 Å². The van der Waals surface area contributed by atoms with Crippen molar-refractivity contribution in [2.45, 2.75) is 33.7 Å². The molecule has 0 aliphatic heterocycles. The van der Waals surface area contributed by atoms with Crippen LogP contribution in [0.2, 0.25) is 0 Å². The van der Waals surface area contributed by atoms with Crippen LogP contribution in [-0.2, 0) is 9.59 Å². The summed E-state index contributed by atoms with van der Waals surface area (Å²) in [6, 6.07) is 7.20. The molecule has 0 unspecified atom stereocenters. The van der Waals surface area contributed by atoms with Crippen LogP contribution in [0.15, 0.2) is 29.4 Å². The van der Waals surface area contributed by atoms with Crippen molar-refractivity contribution < 1.29 is 14.3 Å². The molecular formula is C16H23N3O3. The number of carbonyl (C=O) groups is 2. The first-order chi connectivity index (χ1) is 10.4.